The van der Waals surface area contributed by atoms with E-state index in [1.807, 2.05) is 4.90 Å². The fourth-order valence-electron chi connectivity index (χ4n) is 6.32. The molecule has 2 aliphatic rings. The van der Waals surface area contributed by atoms with Gasteiger partial charge in [-0.25, -0.2) is 18.7 Å². The fourth-order valence-corrected chi connectivity index (χ4v) is 6.32. The summed E-state index contributed by atoms with van der Waals surface area (Å²) < 4.78 is 28.7. The van der Waals surface area contributed by atoms with Crippen LogP contribution in [-0.4, -0.2) is 86.7 Å². The molecule has 0 spiro atoms. The molecule has 2 N–H and O–H groups in total. The molecule has 1 aliphatic heterocycles. The molecule has 0 radical (unpaired) electrons. The Bertz CT molecular complexity index is 1460. The van der Waals surface area contributed by atoms with Crippen molar-refractivity contribution in [3.63, 3.8) is 0 Å². The minimum atomic E-state index is -0.623. The number of likely N-dealkylation sites (tertiary alicyclic amines) is 1. The van der Waals surface area contributed by atoms with Crippen LogP contribution in [0.4, 0.5) is 8.78 Å². The second-order valence-corrected chi connectivity index (χ2v) is 12.0. The van der Waals surface area contributed by atoms with Crippen LogP contribution in [0.15, 0.2) is 42.9 Å². The molecular formula is C32H41F2N7O3. The number of hydrogen-bond acceptors (Lipinski definition) is 6. The molecule has 1 saturated heterocycles. The number of nitrogens with zero attached hydrogens (tertiary/aromatic N) is 5. The number of fused-ring (bicyclic) bond motifs is 1. The lowest BCUT2D eigenvalue weighted by atomic mass is 9.83. The molecule has 5 rings (SSSR count). The Hall–Kier alpha value is -3.93. The number of rotatable bonds is 11. The molecule has 1 saturated carbocycles. The van der Waals surface area contributed by atoms with Crippen LogP contribution in [0.1, 0.15) is 67.9 Å². The minimum Gasteiger partial charge on any atom is -0.343 e. The number of benzene rings is 1. The van der Waals surface area contributed by atoms with Crippen LogP contribution in [0.25, 0.3) is 5.78 Å². The maximum Gasteiger partial charge on any atom is 0.274 e. The molecular weight excluding hydrogens is 568 g/mol. The summed E-state index contributed by atoms with van der Waals surface area (Å²) in [6, 6.07) is 4.83. The van der Waals surface area contributed by atoms with Crippen molar-refractivity contribution in [2.75, 3.05) is 26.7 Å². The zero-order valence-corrected chi connectivity index (χ0v) is 25.3. The average molecular weight is 610 g/mol. The molecule has 1 aromatic carbocycles. The van der Waals surface area contributed by atoms with Gasteiger partial charge in [0, 0.05) is 38.1 Å². The molecule has 12 heteroatoms. The summed E-state index contributed by atoms with van der Waals surface area (Å²) in [6.45, 7) is 2.88. The van der Waals surface area contributed by atoms with Crippen molar-refractivity contribution in [1.82, 2.24) is 34.8 Å². The highest BCUT2D eigenvalue weighted by molar-refractivity contribution is 5.93. The molecule has 2 aromatic heterocycles. The average Bonchev–Trinajstić information content (AvgIpc) is 3.68. The number of likely N-dealkylation sites (N-methyl/N-ethyl adjacent to an activating group) is 1. The van der Waals surface area contributed by atoms with E-state index >= 15 is 0 Å². The van der Waals surface area contributed by atoms with Crippen molar-refractivity contribution in [2.45, 2.75) is 76.4 Å². The Morgan fingerprint density at radius 3 is 2.50 bits per heavy atom. The molecule has 1 aliphatic carbocycles. The zero-order valence-electron chi connectivity index (χ0n) is 25.3. The van der Waals surface area contributed by atoms with Gasteiger partial charge in [0.05, 0.1) is 12.2 Å². The van der Waals surface area contributed by atoms with Gasteiger partial charge < -0.3 is 20.4 Å². The van der Waals surface area contributed by atoms with E-state index in [1.165, 1.54) is 28.9 Å². The topological polar surface area (TPSA) is 112 Å². The number of halogens is 2. The molecule has 2 fully saturated rings. The van der Waals surface area contributed by atoms with Gasteiger partial charge in [0.25, 0.3) is 5.91 Å². The van der Waals surface area contributed by atoms with Crippen molar-refractivity contribution in [3.05, 3.63) is 65.7 Å². The largest absolute Gasteiger partial charge is 0.343 e. The first kappa shape index (κ1) is 31.5. The summed E-state index contributed by atoms with van der Waals surface area (Å²) >= 11 is 0. The SMILES string of the molecule is CN[C@@H](C)C(=O)N[C@H](C(=O)N1CCC[C@H]1CN(CCc1ccc(F)cc1)C(=O)c1cn2cc(F)cnc2n1)C1CCCCC1. The van der Waals surface area contributed by atoms with Crippen molar-refractivity contribution < 1.29 is 23.2 Å². The molecule has 10 nitrogen and oxygen atoms in total. The molecule has 44 heavy (non-hydrogen) atoms. The normalized spacial score (nSPS) is 18.7. The van der Waals surface area contributed by atoms with Gasteiger partial charge >= 0.3 is 0 Å². The van der Waals surface area contributed by atoms with Gasteiger partial charge in [-0.05, 0) is 69.7 Å². The maximum absolute atomic E-state index is 14.2. The molecule has 3 heterocycles. The second-order valence-electron chi connectivity index (χ2n) is 12.0. The lowest BCUT2D eigenvalue weighted by Crippen LogP contribution is -2.57. The molecule has 3 atom stereocenters. The van der Waals surface area contributed by atoms with Crippen LogP contribution in [0, 0.1) is 17.6 Å². The van der Waals surface area contributed by atoms with E-state index in [0.29, 0.717) is 25.9 Å². The van der Waals surface area contributed by atoms with Crippen LogP contribution in [0.5, 0.6) is 0 Å². The van der Waals surface area contributed by atoms with Crippen LogP contribution in [0.3, 0.4) is 0 Å². The minimum absolute atomic E-state index is 0.0626. The van der Waals surface area contributed by atoms with Crippen LogP contribution in [-0.2, 0) is 16.0 Å². The summed E-state index contributed by atoms with van der Waals surface area (Å²) in [5.74, 6) is -1.30. The number of hydrogen-bond donors (Lipinski definition) is 2. The van der Waals surface area contributed by atoms with Gasteiger partial charge in [0.15, 0.2) is 5.82 Å². The van der Waals surface area contributed by atoms with E-state index in [1.54, 1.807) is 31.0 Å². The highest BCUT2D eigenvalue weighted by Crippen LogP contribution is 2.30. The quantitative estimate of drug-likeness (QED) is 0.345. The van der Waals surface area contributed by atoms with Gasteiger partial charge in [-0.3, -0.25) is 18.8 Å². The summed E-state index contributed by atoms with van der Waals surface area (Å²) in [5, 5.41) is 6.01. The lowest BCUT2D eigenvalue weighted by molar-refractivity contribution is -0.139. The lowest BCUT2D eigenvalue weighted by Gasteiger charge is -2.37. The second kappa shape index (κ2) is 14.2. The molecule has 236 valence electrons. The fraction of sp³-hybridized carbons (Fsp3) is 0.531. The molecule has 3 aromatic rings. The first-order chi connectivity index (χ1) is 21.2. The molecule has 0 bridgehead atoms. The third-order valence-electron chi connectivity index (χ3n) is 8.97. The first-order valence-corrected chi connectivity index (χ1v) is 15.6. The maximum atomic E-state index is 14.2. The summed E-state index contributed by atoms with van der Waals surface area (Å²) in [4.78, 5) is 52.8. The van der Waals surface area contributed by atoms with E-state index in [9.17, 15) is 23.2 Å². The van der Waals surface area contributed by atoms with Crippen molar-refractivity contribution in [2.24, 2.45) is 5.92 Å². The van der Waals surface area contributed by atoms with E-state index in [4.69, 9.17) is 0 Å². The Labute approximate surface area is 256 Å². The van der Waals surface area contributed by atoms with E-state index < -0.39 is 17.9 Å². The van der Waals surface area contributed by atoms with Crippen LogP contribution < -0.4 is 10.6 Å². The number of nitrogens with one attached hydrogen (secondary N) is 2. The Morgan fingerprint density at radius 2 is 1.77 bits per heavy atom. The predicted molar refractivity (Wildman–Crippen MR) is 161 cm³/mol. The zero-order chi connectivity index (χ0) is 31.2. The van der Waals surface area contributed by atoms with Gasteiger partial charge in [0.2, 0.25) is 17.6 Å². The van der Waals surface area contributed by atoms with Crippen molar-refractivity contribution >= 4 is 23.5 Å². The van der Waals surface area contributed by atoms with Crippen LogP contribution >= 0.6 is 0 Å². The Morgan fingerprint density at radius 1 is 1.02 bits per heavy atom. The molecule has 3 amide bonds. The molecule has 0 unspecified atom stereocenters. The van der Waals surface area contributed by atoms with E-state index in [2.05, 4.69) is 20.6 Å². The number of imidazole rings is 1. The number of aromatic nitrogens is 3. The Balaban J connectivity index is 1.37. The van der Waals surface area contributed by atoms with E-state index in [0.717, 1.165) is 50.3 Å². The predicted octanol–water partition coefficient (Wildman–Crippen LogP) is 3.36. The standard InChI is InChI=1S/C32H41F2N7O3/c1-21(35-2)29(42)38-28(23-7-4-3-5-8-23)31(44)41-15-6-9-26(41)19-39(16-14-22-10-12-24(33)13-11-22)30(43)27-20-40-18-25(34)17-36-32(40)37-27/h10-13,17-18,20-21,23,26,28,35H,3-9,14-16,19H2,1-2H3,(H,38,42)/t21-,26-,28-/m0/s1. The number of amides is 3. The number of carbonyl (C=O) groups excluding carboxylic acids is 3. The van der Waals surface area contributed by atoms with Crippen LogP contribution in [0.2, 0.25) is 0 Å². The highest BCUT2D eigenvalue weighted by Gasteiger charge is 2.39. The number of carbonyl (C=O) groups is 3. The van der Waals surface area contributed by atoms with Gasteiger partial charge in [-0.1, -0.05) is 31.4 Å². The van der Waals surface area contributed by atoms with Crippen molar-refractivity contribution in [1.29, 1.82) is 0 Å². The Kier molecular flexibility index (Phi) is 10.2. The monoisotopic (exact) mass is 609 g/mol. The van der Waals surface area contributed by atoms with Crippen molar-refractivity contribution in [3.8, 4) is 0 Å². The van der Waals surface area contributed by atoms with Gasteiger partial charge in [-0.15, -0.1) is 0 Å². The van der Waals surface area contributed by atoms with Gasteiger partial charge in [-0.2, -0.15) is 0 Å². The van der Waals surface area contributed by atoms with E-state index in [-0.39, 0.29) is 53.5 Å². The summed E-state index contributed by atoms with van der Waals surface area (Å²) in [5.41, 5.74) is 0.979. The smallest absolute Gasteiger partial charge is 0.274 e. The summed E-state index contributed by atoms with van der Waals surface area (Å²) in [7, 11) is 1.71. The summed E-state index contributed by atoms with van der Waals surface area (Å²) in [6.07, 6.45) is 10.6. The first-order valence-electron chi connectivity index (χ1n) is 15.6. The third-order valence-corrected chi connectivity index (χ3v) is 8.97. The van der Waals surface area contributed by atoms with Gasteiger partial charge in [0.1, 0.15) is 17.6 Å². The third kappa shape index (κ3) is 7.40. The highest BCUT2D eigenvalue weighted by atomic mass is 19.1.